The van der Waals surface area contributed by atoms with Gasteiger partial charge in [-0.15, -0.1) is 0 Å². The van der Waals surface area contributed by atoms with E-state index in [1.807, 2.05) is 12.1 Å². The Kier molecular flexibility index (Phi) is 5.15. The highest BCUT2D eigenvalue weighted by Gasteiger charge is 2.29. The van der Waals surface area contributed by atoms with Crippen molar-refractivity contribution < 1.29 is 0 Å². The summed E-state index contributed by atoms with van der Waals surface area (Å²) in [6.45, 7) is 8.87. The van der Waals surface area contributed by atoms with E-state index in [1.54, 1.807) is 0 Å². The molecule has 1 aromatic rings. The second-order valence-corrected chi connectivity index (χ2v) is 6.86. The van der Waals surface area contributed by atoms with E-state index in [9.17, 15) is 0 Å². The van der Waals surface area contributed by atoms with E-state index in [0.29, 0.717) is 18.0 Å². The largest absolute Gasteiger partial charge is 0.365 e. The SMILES string of the molecule is CCC1CNC(C(C)C)CN1c1cc(Cl)ccc1Br. The topological polar surface area (TPSA) is 15.3 Å². The Morgan fingerprint density at radius 3 is 2.84 bits per heavy atom. The van der Waals surface area contributed by atoms with Crippen LogP contribution in [0.5, 0.6) is 0 Å². The van der Waals surface area contributed by atoms with Gasteiger partial charge >= 0.3 is 0 Å². The molecule has 0 aromatic heterocycles. The molecule has 1 aliphatic heterocycles. The standard InChI is InChI=1S/C15H22BrClN2/c1-4-12-8-18-14(10(2)3)9-19(12)15-7-11(17)5-6-13(15)16/h5-7,10,12,14,18H,4,8-9H2,1-3H3. The Morgan fingerprint density at radius 1 is 1.47 bits per heavy atom. The number of nitrogens with zero attached hydrogens (tertiary/aromatic N) is 1. The van der Waals surface area contributed by atoms with E-state index >= 15 is 0 Å². The van der Waals surface area contributed by atoms with Crippen molar-refractivity contribution in [1.29, 1.82) is 0 Å². The van der Waals surface area contributed by atoms with Gasteiger partial charge in [-0.25, -0.2) is 0 Å². The molecule has 2 atom stereocenters. The summed E-state index contributed by atoms with van der Waals surface area (Å²) in [5, 5.41) is 4.46. The van der Waals surface area contributed by atoms with E-state index in [1.165, 1.54) is 5.69 Å². The van der Waals surface area contributed by atoms with Gasteiger partial charge in [0.1, 0.15) is 0 Å². The van der Waals surface area contributed by atoms with Gasteiger partial charge < -0.3 is 10.2 Å². The molecule has 2 unspecified atom stereocenters. The summed E-state index contributed by atoms with van der Waals surface area (Å²) in [5.74, 6) is 0.637. The van der Waals surface area contributed by atoms with Crippen molar-refractivity contribution in [3.8, 4) is 0 Å². The summed E-state index contributed by atoms with van der Waals surface area (Å²) in [6, 6.07) is 7.10. The molecule has 106 valence electrons. The van der Waals surface area contributed by atoms with Crippen molar-refractivity contribution in [3.05, 3.63) is 27.7 Å². The molecule has 0 aliphatic carbocycles. The summed E-state index contributed by atoms with van der Waals surface area (Å²) in [5.41, 5.74) is 1.21. The van der Waals surface area contributed by atoms with Gasteiger partial charge in [0.15, 0.2) is 0 Å². The smallest absolute Gasteiger partial charge is 0.0529 e. The van der Waals surface area contributed by atoms with Gasteiger partial charge in [-0.2, -0.15) is 0 Å². The Hall–Kier alpha value is -0.250. The normalized spacial score (nSPS) is 24.0. The zero-order chi connectivity index (χ0) is 14.0. The molecular formula is C15H22BrClN2. The van der Waals surface area contributed by atoms with Crippen LogP contribution in [-0.2, 0) is 0 Å². The van der Waals surface area contributed by atoms with Crippen LogP contribution in [0.1, 0.15) is 27.2 Å². The minimum atomic E-state index is 0.532. The summed E-state index contributed by atoms with van der Waals surface area (Å²) >= 11 is 9.82. The number of halogens is 2. The van der Waals surface area contributed by atoms with Crippen molar-refractivity contribution in [3.63, 3.8) is 0 Å². The molecule has 0 spiro atoms. The lowest BCUT2D eigenvalue weighted by molar-refractivity contribution is 0.325. The molecule has 2 nitrogen and oxygen atoms in total. The van der Waals surface area contributed by atoms with Crippen LogP contribution in [0.15, 0.2) is 22.7 Å². The number of piperazine rings is 1. The zero-order valence-corrected chi connectivity index (χ0v) is 14.1. The first-order valence-corrected chi connectivity index (χ1v) is 8.15. The molecule has 2 rings (SSSR count). The zero-order valence-electron chi connectivity index (χ0n) is 11.8. The van der Waals surface area contributed by atoms with Gasteiger partial charge in [0.2, 0.25) is 0 Å². The highest BCUT2D eigenvalue weighted by Crippen LogP contribution is 2.32. The lowest BCUT2D eigenvalue weighted by Gasteiger charge is -2.43. The van der Waals surface area contributed by atoms with E-state index in [2.05, 4.69) is 53.0 Å². The van der Waals surface area contributed by atoms with Crippen LogP contribution in [0, 0.1) is 5.92 Å². The number of nitrogens with one attached hydrogen (secondary N) is 1. The molecule has 1 N–H and O–H groups in total. The molecular weight excluding hydrogens is 324 g/mol. The fourth-order valence-corrected chi connectivity index (χ4v) is 3.28. The van der Waals surface area contributed by atoms with E-state index in [0.717, 1.165) is 29.0 Å². The third-order valence-corrected chi connectivity index (χ3v) is 4.85. The molecule has 1 saturated heterocycles. The fraction of sp³-hybridized carbons (Fsp3) is 0.600. The van der Waals surface area contributed by atoms with Gasteiger partial charge in [0.05, 0.1) is 5.69 Å². The number of anilines is 1. The summed E-state index contributed by atoms with van der Waals surface area (Å²) in [7, 11) is 0. The maximum Gasteiger partial charge on any atom is 0.0529 e. The number of benzene rings is 1. The average molecular weight is 346 g/mol. The fourth-order valence-electron chi connectivity index (χ4n) is 2.64. The van der Waals surface area contributed by atoms with Gasteiger partial charge in [-0.1, -0.05) is 32.4 Å². The van der Waals surface area contributed by atoms with Crippen molar-refractivity contribution in [2.75, 3.05) is 18.0 Å². The van der Waals surface area contributed by atoms with Crippen molar-refractivity contribution in [2.45, 2.75) is 39.3 Å². The maximum absolute atomic E-state index is 6.16. The van der Waals surface area contributed by atoms with Crippen molar-refractivity contribution >= 4 is 33.2 Å². The Labute approximate surface area is 129 Å². The van der Waals surface area contributed by atoms with E-state index in [-0.39, 0.29) is 0 Å². The first-order valence-electron chi connectivity index (χ1n) is 6.98. The Bertz CT molecular complexity index is 436. The van der Waals surface area contributed by atoms with Gasteiger partial charge in [0, 0.05) is 34.7 Å². The van der Waals surface area contributed by atoms with Crippen molar-refractivity contribution in [1.82, 2.24) is 5.32 Å². The first kappa shape index (κ1) is 15.1. The van der Waals surface area contributed by atoms with Crippen LogP contribution in [0.25, 0.3) is 0 Å². The molecule has 0 bridgehead atoms. The quantitative estimate of drug-likeness (QED) is 0.878. The predicted molar refractivity (Wildman–Crippen MR) is 87.2 cm³/mol. The van der Waals surface area contributed by atoms with Crippen LogP contribution in [-0.4, -0.2) is 25.2 Å². The average Bonchev–Trinajstić information content (AvgIpc) is 2.40. The molecule has 1 heterocycles. The number of hydrogen-bond acceptors (Lipinski definition) is 2. The lowest BCUT2D eigenvalue weighted by atomic mass is 9.98. The highest BCUT2D eigenvalue weighted by atomic mass is 79.9. The number of rotatable bonds is 3. The highest BCUT2D eigenvalue weighted by molar-refractivity contribution is 9.10. The Morgan fingerprint density at radius 2 is 2.21 bits per heavy atom. The minimum Gasteiger partial charge on any atom is -0.365 e. The molecule has 1 aromatic carbocycles. The predicted octanol–water partition coefficient (Wildman–Crippen LogP) is 4.32. The minimum absolute atomic E-state index is 0.532. The first-order chi connectivity index (χ1) is 9.02. The molecule has 1 aliphatic rings. The van der Waals surface area contributed by atoms with Crippen molar-refractivity contribution in [2.24, 2.45) is 5.92 Å². The van der Waals surface area contributed by atoms with Gasteiger partial charge in [0.25, 0.3) is 0 Å². The van der Waals surface area contributed by atoms with Crippen LogP contribution < -0.4 is 10.2 Å². The number of hydrogen-bond donors (Lipinski definition) is 1. The Balaban J connectivity index is 2.29. The molecule has 0 radical (unpaired) electrons. The van der Waals surface area contributed by atoms with E-state index in [4.69, 9.17) is 11.6 Å². The second-order valence-electron chi connectivity index (χ2n) is 5.57. The summed E-state index contributed by atoms with van der Waals surface area (Å²) in [4.78, 5) is 2.50. The second kappa shape index (κ2) is 6.47. The third kappa shape index (κ3) is 3.45. The monoisotopic (exact) mass is 344 g/mol. The van der Waals surface area contributed by atoms with Gasteiger partial charge in [-0.05, 0) is 46.5 Å². The lowest BCUT2D eigenvalue weighted by Crippen LogP contribution is -2.58. The maximum atomic E-state index is 6.16. The van der Waals surface area contributed by atoms with Gasteiger partial charge in [-0.3, -0.25) is 0 Å². The molecule has 19 heavy (non-hydrogen) atoms. The van der Waals surface area contributed by atoms with Crippen LogP contribution in [0.3, 0.4) is 0 Å². The van der Waals surface area contributed by atoms with Crippen LogP contribution >= 0.6 is 27.5 Å². The summed E-state index contributed by atoms with van der Waals surface area (Å²) in [6.07, 6.45) is 1.14. The summed E-state index contributed by atoms with van der Waals surface area (Å²) < 4.78 is 1.12. The molecule has 1 fully saturated rings. The molecule has 4 heteroatoms. The molecule has 0 saturated carbocycles. The van der Waals surface area contributed by atoms with Crippen LogP contribution in [0.2, 0.25) is 5.02 Å². The third-order valence-electron chi connectivity index (χ3n) is 3.94. The molecule has 0 amide bonds. The van der Waals surface area contributed by atoms with E-state index < -0.39 is 0 Å². The van der Waals surface area contributed by atoms with Crippen LogP contribution in [0.4, 0.5) is 5.69 Å².